The zero-order valence-electron chi connectivity index (χ0n) is 19.3. The molecular weight excluding hydrogens is 456 g/mol. The van der Waals surface area contributed by atoms with Gasteiger partial charge in [0.15, 0.2) is 6.61 Å². The lowest BCUT2D eigenvalue weighted by atomic mass is 9.96. The van der Waals surface area contributed by atoms with Gasteiger partial charge in [0, 0.05) is 16.5 Å². The highest BCUT2D eigenvalue weighted by atomic mass is 32.1. The van der Waals surface area contributed by atoms with Crippen molar-refractivity contribution in [3.63, 3.8) is 0 Å². The second-order valence-electron chi connectivity index (χ2n) is 9.00. The Morgan fingerprint density at radius 3 is 2.80 bits per heavy atom. The minimum Gasteiger partial charge on any atom is -0.482 e. The maximum atomic E-state index is 11.9. The van der Waals surface area contributed by atoms with E-state index in [0.717, 1.165) is 39.9 Å². The molecule has 1 fully saturated rings. The van der Waals surface area contributed by atoms with Crippen LogP contribution < -0.4 is 14.9 Å². The van der Waals surface area contributed by atoms with Gasteiger partial charge in [-0.2, -0.15) is 5.10 Å². The lowest BCUT2D eigenvalue weighted by Gasteiger charge is -2.18. The van der Waals surface area contributed by atoms with Gasteiger partial charge in [0.2, 0.25) is 4.80 Å². The highest BCUT2D eigenvalue weighted by molar-refractivity contribution is 7.07. The predicted molar refractivity (Wildman–Crippen MR) is 141 cm³/mol. The number of aromatic nitrogens is 1. The van der Waals surface area contributed by atoms with Gasteiger partial charge < -0.3 is 10.1 Å². The van der Waals surface area contributed by atoms with Crippen molar-refractivity contribution in [1.82, 2.24) is 4.68 Å². The van der Waals surface area contributed by atoms with Crippen LogP contribution in [0, 0.1) is 0 Å². The molecule has 35 heavy (non-hydrogen) atoms. The SMILES string of the molecule is O=C1COc2ccc(-c3csc(=NC4CCCCC4)n3N=Cc3cccc4ccccc34)cc2N1. The Kier molecular flexibility index (Phi) is 5.92. The van der Waals surface area contributed by atoms with Gasteiger partial charge in [0.1, 0.15) is 5.75 Å². The number of hydrogen-bond acceptors (Lipinski definition) is 5. The minimum atomic E-state index is -0.144. The van der Waals surface area contributed by atoms with Crippen molar-refractivity contribution in [3.8, 4) is 17.0 Å². The Hall–Kier alpha value is -3.71. The van der Waals surface area contributed by atoms with Crippen LogP contribution in [0.2, 0.25) is 0 Å². The smallest absolute Gasteiger partial charge is 0.262 e. The van der Waals surface area contributed by atoms with Gasteiger partial charge in [0.05, 0.1) is 23.6 Å². The van der Waals surface area contributed by atoms with Gasteiger partial charge in [-0.3, -0.25) is 9.79 Å². The van der Waals surface area contributed by atoms with E-state index in [0.29, 0.717) is 17.5 Å². The standard InChI is InChI=1S/C28H26N4O2S/c33-27-17-34-26-14-13-20(15-24(26)31-27)25-18-35-28(30-22-10-2-1-3-11-22)32(25)29-16-21-9-6-8-19-7-4-5-12-23(19)21/h4-9,12-16,18,22H,1-3,10-11,17H2,(H,31,33). The minimum absolute atomic E-state index is 0.0462. The number of fused-ring (bicyclic) bond motifs is 2. The number of ether oxygens (including phenoxy) is 1. The van der Waals surface area contributed by atoms with Gasteiger partial charge in [-0.05, 0) is 41.8 Å². The van der Waals surface area contributed by atoms with E-state index in [1.807, 2.05) is 29.1 Å². The van der Waals surface area contributed by atoms with Gasteiger partial charge in [0.25, 0.3) is 5.91 Å². The Morgan fingerprint density at radius 1 is 1.03 bits per heavy atom. The van der Waals surface area contributed by atoms with Gasteiger partial charge in [-0.15, -0.1) is 11.3 Å². The third-order valence-electron chi connectivity index (χ3n) is 6.60. The Bertz CT molecular complexity index is 1490. The van der Waals surface area contributed by atoms with Gasteiger partial charge in [-0.1, -0.05) is 61.7 Å². The van der Waals surface area contributed by atoms with Crippen LogP contribution in [-0.2, 0) is 4.79 Å². The van der Waals surface area contributed by atoms with E-state index in [1.54, 1.807) is 11.3 Å². The van der Waals surface area contributed by atoms with Crippen molar-refractivity contribution in [2.45, 2.75) is 38.1 Å². The first-order chi connectivity index (χ1) is 17.2. The highest BCUT2D eigenvalue weighted by Crippen LogP contribution is 2.33. The zero-order chi connectivity index (χ0) is 23.6. The fourth-order valence-electron chi connectivity index (χ4n) is 4.79. The second-order valence-corrected chi connectivity index (χ2v) is 9.83. The number of hydrogen-bond donors (Lipinski definition) is 1. The third kappa shape index (κ3) is 4.51. The molecule has 0 radical (unpaired) electrons. The maximum Gasteiger partial charge on any atom is 0.262 e. The molecule has 1 N–H and O–H groups in total. The van der Waals surface area contributed by atoms with Crippen molar-refractivity contribution in [3.05, 3.63) is 76.4 Å². The molecule has 6 nitrogen and oxygen atoms in total. The molecule has 1 aromatic heterocycles. The lowest BCUT2D eigenvalue weighted by Crippen LogP contribution is -2.25. The van der Waals surface area contributed by atoms with Crippen LogP contribution in [0.1, 0.15) is 37.7 Å². The molecular formula is C28H26N4O2S. The number of benzene rings is 3. The first-order valence-corrected chi connectivity index (χ1v) is 13.0. The molecule has 0 unspecified atom stereocenters. The van der Waals surface area contributed by atoms with E-state index < -0.39 is 0 Å². The highest BCUT2D eigenvalue weighted by Gasteiger charge is 2.18. The number of thiazole rings is 1. The van der Waals surface area contributed by atoms with Crippen molar-refractivity contribution < 1.29 is 9.53 Å². The molecule has 3 aromatic carbocycles. The van der Waals surface area contributed by atoms with E-state index >= 15 is 0 Å². The van der Waals surface area contributed by atoms with Gasteiger partial charge >= 0.3 is 0 Å². The summed E-state index contributed by atoms with van der Waals surface area (Å²) in [6, 6.07) is 20.8. The van der Waals surface area contributed by atoms with Crippen LogP contribution in [0.15, 0.2) is 76.1 Å². The van der Waals surface area contributed by atoms with Gasteiger partial charge in [-0.25, -0.2) is 4.68 Å². The molecule has 1 saturated carbocycles. The molecule has 0 spiro atoms. The summed E-state index contributed by atoms with van der Waals surface area (Å²) >= 11 is 1.61. The average molecular weight is 483 g/mol. The summed E-state index contributed by atoms with van der Waals surface area (Å²) in [4.78, 5) is 17.9. The molecule has 6 rings (SSSR count). The fourth-order valence-corrected chi connectivity index (χ4v) is 5.70. The third-order valence-corrected chi connectivity index (χ3v) is 7.43. The van der Waals surface area contributed by atoms with Crippen molar-refractivity contribution in [2.75, 3.05) is 11.9 Å². The molecule has 7 heteroatoms. The summed E-state index contributed by atoms with van der Waals surface area (Å²) < 4.78 is 7.48. The quantitative estimate of drug-likeness (QED) is 0.373. The number of amides is 1. The summed E-state index contributed by atoms with van der Waals surface area (Å²) in [5, 5.41) is 12.3. The average Bonchev–Trinajstić information content (AvgIpc) is 3.29. The van der Waals surface area contributed by atoms with Crippen molar-refractivity contribution in [2.24, 2.45) is 10.1 Å². The van der Waals surface area contributed by atoms with E-state index in [9.17, 15) is 4.79 Å². The monoisotopic (exact) mass is 482 g/mol. The summed E-state index contributed by atoms with van der Waals surface area (Å²) in [6.45, 7) is 0.0462. The maximum absolute atomic E-state index is 11.9. The Morgan fingerprint density at radius 2 is 1.89 bits per heavy atom. The first-order valence-electron chi connectivity index (χ1n) is 12.1. The number of nitrogens with one attached hydrogen (secondary N) is 1. The number of carbonyl (C=O) groups is 1. The van der Waals surface area contributed by atoms with E-state index in [1.165, 1.54) is 24.6 Å². The van der Waals surface area contributed by atoms with Crippen molar-refractivity contribution >= 4 is 39.9 Å². The molecule has 1 aliphatic carbocycles. The molecule has 176 valence electrons. The summed E-state index contributed by atoms with van der Waals surface area (Å²) in [7, 11) is 0. The fraction of sp³-hybridized carbons (Fsp3) is 0.250. The van der Waals surface area contributed by atoms with Crippen LogP contribution in [0.3, 0.4) is 0 Å². The number of nitrogens with zero attached hydrogens (tertiary/aromatic N) is 3. The molecule has 1 amide bonds. The van der Waals surface area contributed by atoms with E-state index in [-0.39, 0.29) is 12.5 Å². The molecule has 2 aliphatic rings. The topological polar surface area (TPSA) is 68.0 Å². The molecule has 0 atom stereocenters. The van der Waals surface area contributed by atoms with E-state index in [4.69, 9.17) is 14.8 Å². The van der Waals surface area contributed by atoms with Crippen LogP contribution in [-0.4, -0.2) is 29.4 Å². The summed E-state index contributed by atoms with van der Waals surface area (Å²) in [6.07, 6.45) is 7.93. The Labute approximate surface area is 207 Å². The second kappa shape index (κ2) is 9.50. The largest absolute Gasteiger partial charge is 0.482 e. The predicted octanol–water partition coefficient (Wildman–Crippen LogP) is 5.82. The van der Waals surface area contributed by atoms with Crippen LogP contribution in [0.5, 0.6) is 5.75 Å². The van der Waals surface area contributed by atoms with E-state index in [2.05, 4.69) is 53.2 Å². The zero-order valence-corrected chi connectivity index (χ0v) is 20.1. The molecule has 1 aliphatic heterocycles. The van der Waals surface area contributed by atoms with Crippen molar-refractivity contribution in [1.29, 1.82) is 0 Å². The normalized spacial score (nSPS) is 16.9. The number of rotatable bonds is 4. The Balaban J connectivity index is 1.45. The molecule has 0 saturated heterocycles. The summed E-state index contributed by atoms with van der Waals surface area (Å²) in [5.74, 6) is 0.538. The first kappa shape index (κ1) is 21.8. The van der Waals surface area contributed by atoms with Crippen LogP contribution in [0.25, 0.3) is 22.0 Å². The summed E-state index contributed by atoms with van der Waals surface area (Å²) in [5.41, 5.74) is 3.62. The molecule has 4 aromatic rings. The molecule has 0 bridgehead atoms. The van der Waals surface area contributed by atoms with Crippen LogP contribution in [0.4, 0.5) is 5.69 Å². The van der Waals surface area contributed by atoms with Crippen LogP contribution >= 0.6 is 11.3 Å². The molecule has 2 heterocycles. The number of carbonyl (C=O) groups excluding carboxylic acids is 1. The number of anilines is 1. The lowest BCUT2D eigenvalue weighted by molar-refractivity contribution is -0.118.